The SMILES string of the molecule is O=C(CN1C(=O)S/C(=C\c2ccc(F)cc2)C1=O)N1CCCCCC1. The molecule has 25 heavy (non-hydrogen) atoms. The predicted octanol–water partition coefficient (Wildman–Crippen LogP) is 3.26. The maximum absolute atomic E-state index is 13.0. The van der Waals surface area contributed by atoms with Crippen molar-refractivity contribution in [3.05, 3.63) is 40.6 Å². The first-order valence-corrected chi connectivity index (χ1v) is 9.15. The Bertz CT molecular complexity index is 710. The molecule has 0 aromatic heterocycles. The number of halogens is 1. The molecule has 0 saturated carbocycles. The maximum Gasteiger partial charge on any atom is 0.294 e. The van der Waals surface area contributed by atoms with Crippen LogP contribution in [0.5, 0.6) is 0 Å². The molecule has 2 aliphatic rings. The van der Waals surface area contributed by atoms with Crippen molar-refractivity contribution in [2.75, 3.05) is 19.6 Å². The molecule has 3 rings (SSSR count). The summed E-state index contributed by atoms with van der Waals surface area (Å²) in [5.41, 5.74) is 0.630. The van der Waals surface area contributed by atoms with Crippen molar-refractivity contribution in [3.63, 3.8) is 0 Å². The van der Waals surface area contributed by atoms with Crippen molar-refractivity contribution in [3.8, 4) is 0 Å². The second-order valence-electron chi connectivity index (χ2n) is 6.11. The van der Waals surface area contributed by atoms with Crippen LogP contribution in [0.15, 0.2) is 29.2 Å². The summed E-state index contributed by atoms with van der Waals surface area (Å²) in [6.45, 7) is 1.15. The zero-order valence-electron chi connectivity index (χ0n) is 13.7. The number of thioether (sulfide) groups is 1. The van der Waals surface area contributed by atoms with E-state index in [0.29, 0.717) is 18.7 Å². The van der Waals surface area contributed by atoms with Gasteiger partial charge < -0.3 is 4.90 Å². The van der Waals surface area contributed by atoms with Crippen LogP contribution in [-0.2, 0) is 9.59 Å². The first kappa shape index (κ1) is 17.7. The summed E-state index contributed by atoms with van der Waals surface area (Å²) >= 11 is 0.808. The van der Waals surface area contributed by atoms with Gasteiger partial charge in [-0.3, -0.25) is 19.3 Å². The first-order valence-electron chi connectivity index (χ1n) is 8.33. The molecule has 132 valence electrons. The molecule has 3 amide bonds. The van der Waals surface area contributed by atoms with Gasteiger partial charge in [-0.05, 0) is 48.4 Å². The predicted molar refractivity (Wildman–Crippen MR) is 94.1 cm³/mol. The Kier molecular flexibility index (Phi) is 5.53. The van der Waals surface area contributed by atoms with E-state index < -0.39 is 11.1 Å². The summed E-state index contributed by atoms with van der Waals surface area (Å²) < 4.78 is 13.0. The summed E-state index contributed by atoms with van der Waals surface area (Å²) in [7, 11) is 0. The molecule has 0 bridgehead atoms. The number of imide groups is 1. The van der Waals surface area contributed by atoms with E-state index in [0.717, 1.165) is 42.3 Å². The van der Waals surface area contributed by atoms with Crippen molar-refractivity contribution >= 4 is 34.9 Å². The highest BCUT2D eigenvalue weighted by atomic mass is 32.2. The van der Waals surface area contributed by atoms with Crippen LogP contribution in [-0.4, -0.2) is 46.5 Å². The van der Waals surface area contributed by atoms with Crippen LogP contribution in [0.4, 0.5) is 9.18 Å². The number of nitrogens with zero attached hydrogens (tertiary/aromatic N) is 2. The smallest absolute Gasteiger partial charge is 0.294 e. The summed E-state index contributed by atoms with van der Waals surface area (Å²) in [6, 6.07) is 5.65. The average Bonchev–Trinajstić information content (AvgIpc) is 2.80. The first-order chi connectivity index (χ1) is 12.0. The van der Waals surface area contributed by atoms with Gasteiger partial charge >= 0.3 is 0 Å². The molecular weight excluding hydrogens is 343 g/mol. The third kappa shape index (κ3) is 4.28. The molecular formula is C18H19FN2O3S. The molecule has 5 nitrogen and oxygen atoms in total. The van der Waals surface area contributed by atoms with Gasteiger partial charge in [0.15, 0.2) is 0 Å². The summed E-state index contributed by atoms with van der Waals surface area (Å²) in [5.74, 6) is -1.02. The molecule has 2 saturated heterocycles. The Morgan fingerprint density at radius 3 is 2.36 bits per heavy atom. The highest BCUT2D eigenvalue weighted by Crippen LogP contribution is 2.32. The normalized spacial score (nSPS) is 20.3. The number of likely N-dealkylation sites (tertiary alicyclic amines) is 1. The van der Waals surface area contributed by atoms with Crippen LogP contribution in [0.1, 0.15) is 31.2 Å². The summed E-state index contributed by atoms with van der Waals surface area (Å²) in [4.78, 5) is 40.0. The Morgan fingerprint density at radius 2 is 1.72 bits per heavy atom. The summed E-state index contributed by atoms with van der Waals surface area (Å²) in [5, 5.41) is -0.443. The number of hydrogen-bond donors (Lipinski definition) is 0. The standard InChI is InChI=1S/C18H19FN2O3S/c19-14-7-5-13(6-8-14)11-15-17(23)21(18(24)25-15)12-16(22)20-9-3-1-2-4-10-20/h5-8,11H,1-4,9-10,12H2/b15-11-. The van der Waals surface area contributed by atoms with Crippen LogP contribution in [0, 0.1) is 5.82 Å². The molecule has 0 N–H and O–H groups in total. The number of carbonyl (C=O) groups is 3. The van der Waals surface area contributed by atoms with Gasteiger partial charge in [-0.15, -0.1) is 0 Å². The van der Waals surface area contributed by atoms with Crippen molar-refractivity contribution in [1.82, 2.24) is 9.80 Å². The van der Waals surface area contributed by atoms with Gasteiger partial charge in [-0.1, -0.05) is 25.0 Å². The van der Waals surface area contributed by atoms with E-state index in [1.54, 1.807) is 11.0 Å². The van der Waals surface area contributed by atoms with Gasteiger partial charge in [0.2, 0.25) is 5.91 Å². The Morgan fingerprint density at radius 1 is 1.08 bits per heavy atom. The van der Waals surface area contributed by atoms with E-state index in [-0.39, 0.29) is 23.2 Å². The lowest BCUT2D eigenvalue weighted by molar-refractivity contribution is -0.135. The summed E-state index contributed by atoms with van der Waals surface area (Å²) in [6.07, 6.45) is 5.66. The molecule has 0 unspecified atom stereocenters. The Labute approximate surface area is 149 Å². The van der Waals surface area contributed by atoms with E-state index in [1.165, 1.54) is 24.3 Å². The van der Waals surface area contributed by atoms with E-state index in [2.05, 4.69) is 0 Å². The molecule has 7 heteroatoms. The second kappa shape index (κ2) is 7.82. The van der Waals surface area contributed by atoms with Gasteiger partial charge in [-0.25, -0.2) is 4.39 Å². The fourth-order valence-corrected chi connectivity index (χ4v) is 3.74. The lowest BCUT2D eigenvalue weighted by atomic mass is 10.2. The molecule has 0 aliphatic carbocycles. The lowest BCUT2D eigenvalue weighted by Crippen LogP contribution is -2.42. The zero-order chi connectivity index (χ0) is 17.8. The second-order valence-corrected chi connectivity index (χ2v) is 7.11. The molecule has 1 aromatic rings. The van der Waals surface area contributed by atoms with Crippen LogP contribution in [0.3, 0.4) is 0 Å². The zero-order valence-corrected chi connectivity index (χ0v) is 14.6. The van der Waals surface area contributed by atoms with Crippen molar-refractivity contribution in [2.45, 2.75) is 25.7 Å². The third-order valence-electron chi connectivity index (χ3n) is 4.29. The minimum absolute atomic E-state index is 0.188. The van der Waals surface area contributed by atoms with Gasteiger partial charge in [0, 0.05) is 13.1 Å². The number of amides is 3. The van der Waals surface area contributed by atoms with E-state index in [9.17, 15) is 18.8 Å². The fraction of sp³-hybridized carbons (Fsp3) is 0.389. The Hall–Kier alpha value is -2.15. The fourth-order valence-electron chi connectivity index (χ4n) is 2.90. The van der Waals surface area contributed by atoms with Gasteiger partial charge in [0.05, 0.1) is 4.91 Å². The third-order valence-corrected chi connectivity index (χ3v) is 5.20. The molecule has 1 aromatic carbocycles. The van der Waals surface area contributed by atoms with Crippen molar-refractivity contribution < 1.29 is 18.8 Å². The maximum atomic E-state index is 13.0. The van der Waals surface area contributed by atoms with Crippen molar-refractivity contribution in [2.24, 2.45) is 0 Å². The minimum Gasteiger partial charge on any atom is -0.341 e. The molecule has 0 radical (unpaired) electrons. The van der Waals surface area contributed by atoms with E-state index in [4.69, 9.17) is 0 Å². The monoisotopic (exact) mass is 362 g/mol. The lowest BCUT2D eigenvalue weighted by Gasteiger charge is -2.22. The van der Waals surface area contributed by atoms with Crippen molar-refractivity contribution in [1.29, 1.82) is 0 Å². The van der Waals surface area contributed by atoms with E-state index >= 15 is 0 Å². The van der Waals surface area contributed by atoms with Crippen LogP contribution >= 0.6 is 11.8 Å². The average molecular weight is 362 g/mol. The molecule has 0 spiro atoms. The number of benzene rings is 1. The largest absolute Gasteiger partial charge is 0.341 e. The van der Waals surface area contributed by atoms with Crippen LogP contribution in [0.25, 0.3) is 6.08 Å². The Balaban J connectivity index is 1.68. The molecule has 2 heterocycles. The van der Waals surface area contributed by atoms with Gasteiger partial charge in [0.1, 0.15) is 12.4 Å². The van der Waals surface area contributed by atoms with Crippen LogP contribution < -0.4 is 0 Å². The van der Waals surface area contributed by atoms with Crippen LogP contribution in [0.2, 0.25) is 0 Å². The van der Waals surface area contributed by atoms with Gasteiger partial charge in [-0.2, -0.15) is 0 Å². The minimum atomic E-state index is -0.470. The number of rotatable bonds is 3. The number of hydrogen-bond acceptors (Lipinski definition) is 4. The molecule has 2 aliphatic heterocycles. The van der Waals surface area contributed by atoms with E-state index in [1.807, 2.05) is 0 Å². The van der Waals surface area contributed by atoms with Gasteiger partial charge in [0.25, 0.3) is 11.1 Å². The highest BCUT2D eigenvalue weighted by molar-refractivity contribution is 8.18. The topological polar surface area (TPSA) is 57.7 Å². The quantitative estimate of drug-likeness (QED) is 0.775. The molecule has 2 fully saturated rings. The highest BCUT2D eigenvalue weighted by Gasteiger charge is 2.37. The molecule has 0 atom stereocenters. The number of carbonyl (C=O) groups excluding carboxylic acids is 3.